The van der Waals surface area contributed by atoms with Crippen LogP contribution in [0.25, 0.3) is 6.08 Å². The van der Waals surface area contributed by atoms with E-state index in [4.69, 9.17) is 5.11 Å². The second kappa shape index (κ2) is 8.75. The van der Waals surface area contributed by atoms with Crippen LogP contribution in [0.1, 0.15) is 29.8 Å². The first kappa shape index (κ1) is 19.7. The highest BCUT2D eigenvalue weighted by molar-refractivity contribution is 8.18. The van der Waals surface area contributed by atoms with Gasteiger partial charge in [-0.25, -0.2) is 9.79 Å². The largest absolute Gasteiger partial charge is 0.478 e. The summed E-state index contributed by atoms with van der Waals surface area (Å²) in [4.78, 5) is 30.4. The maximum absolute atomic E-state index is 12.2. The van der Waals surface area contributed by atoms with E-state index in [0.717, 1.165) is 30.0 Å². The van der Waals surface area contributed by atoms with E-state index in [-0.39, 0.29) is 11.5 Å². The molecule has 0 bridgehead atoms. The lowest BCUT2D eigenvalue weighted by Crippen LogP contribution is -2.21. The minimum Gasteiger partial charge on any atom is -0.478 e. The molecule has 0 saturated carbocycles. The number of thioether (sulfide) groups is 1. The average Bonchev–Trinajstić information content (AvgIpc) is 3.03. The Labute approximate surface area is 168 Å². The van der Waals surface area contributed by atoms with Gasteiger partial charge in [0.1, 0.15) is 0 Å². The predicted octanol–water partition coefficient (Wildman–Crippen LogP) is 4.12. The summed E-state index contributed by atoms with van der Waals surface area (Å²) in [5, 5.41) is 12.2. The van der Waals surface area contributed by atoms with Crippen molar-refractivity contribution in [1.29, 1.82) is 0 Å². The number of hydrogen-bond acceptors (Lipinski definition) is 5. The number of rotatable bonds is 6. The summed E-state index contributed by atoms with van der Waals surface area (Å²) in [6.07, 6.45) is 1.72. The van der Waals surface area contributed by atoms with Crippen LogP contribution in [0.5, 0.6) is 0 Å². The molecule has 0 aromatic heterocycles. The van der Waals surface area contributed by atoms with E-state index in [9.17, 15) is 9.59 Å². The van der Waals surface area contributed by atoms with E-state index >= 15 is 0 Å². The van der Waals surface area contributed by atoms with Crippen LogP contribution < -0.4 is 10.2 Å². The highest BCUT2D eigenvalue weighted by Crippen LogP contribution is 2.28. The molecule has 0 radical (unpaired) electrons. The molecule has 6 nitrogen and oxygen atoms in total. The van der Waals surface area contributed by atoms with Gasteiger partial charge < -0.3 is 15.3 Å². The molecule has 1 saturated heterocycles. The molecule has 1 fully saturated rings. The van der Waals surface area contributed by atoms with E-state index in [1.807, 2.05) is 24.3 Å². The first-order chi connectivity index (χ1) is 13.5. The number of aliphatic imine (C=N–C) groups is 1. The number of hydrogen-bond donors (Lipinski definition) is 2. The van der Waals surface area contributed by atoms with Crippen LogP contribution in [0.4, 0.5) is 11.4 Å². The van der Waals surface area contributed by atoms with Crippen LogP contribution in [0.3, 0.4) is 0 Å². The van der Waals surface area contributed by atoms with E-state index in [2.05, 4.69) is 29.1 Å². The Morgan fingerprint density at radius 3 is 2.32 bits per heavy atom. The molecule has 0 unspecified atom stereocenters. The molecular formula is C21H21N3O3S. The summed E-state index contributed by atoms with van der Waals surface area (Å²) >= 11 is 1.26. The molecule has 2 aromatic carbocycles. The highest BCUT2D eigenvalue weighted by Gasteiger charge is 2.23. The maximum Gasteiger partial charge on any atom is 0.335 e. The molecule has 0 aliphatic carbocycles. The molecule has 1 aliphatic rings. The highest BCUT2D eigenvalue weighted by atomic mass is 32.2. The first-order valence-electron chi connectivity index (χ1n) is 8.98. The molecule has 2 N–H and O–H groups in total. The Kier molecular flexibility index (Phi) is 6.16. The third kappa shape index (κ3) is 4.61. The number of carbonyl (C=O) groups is 2. The number of carboxylic acid groups (broad SMARTS) is 1. The maximum atomic E-state index is 12.2. The summed E-state index contributed by atoms with van der Waals surface area (Å²) < 4.78 is 0. The Bertz CT molecular complexity index is 930. The Morgan fingerprint density at radius 1 is 1.11 bits per heavy atom. The van der Waals surface area contributed by atoms with Crippen LogP contribution in [-0.2, 0) is 4.79 Å². The molecular weight excluding hydrogens is 374 g/mol. The Hall–Kier alpha value is -3.06. The van der Waals surface area contributed by atoms with Gasteiger partial charge in [0, 0.05) is 18.8 Å². The van der Waals surface area contributed by atoms with Gasteiger partial charge in [0.25, 0.3) is 5.91 Å². The molecule has 28 heavy (non-hydrogen) atoms. The van der Waals surface area contributed by atoms with Crippen molar-refractivity contribution in [3.05, 3.63) is 64.6 Å². The second-order valence-electron chi connectivity index (χ2n) is 6.10. The lowest BCUT2D eigenvalue weighted by molar-refractivity contribution is -0.115. The monoisotopic (exact) mass is 395 g/mol. The van der Waals surface area contributed by atoms with Gasteiger partial charge in [0.15, 0.2) is 5.17 Å². The molecule has 1 aliphatic heterocycles. The number of nitrogens with one attached hydrogen (secondary N) is 1. The Balaban J connectivity index is 1.73. The fourth-order valence-electron chi connectivity index (χ4n) is 2.80. The molecule has 0 atom stereocenters. The number of carboxylic acids is 1. The fraction of sp³-hybridized carbons (Fsp3) is 0.190. The standard InChI is InChI=1S/C21H21N3O3S/c1-3-24(4-2)17-11-9-16(10-12-17)22-21-23-19(25)18(28-21)13-14-5-7-15(8-6-14)20(26)27/h5-13H,3-4H2,1-2H3,(H,26,27)(H,22,23,25). The number of anilines is 1. The van der Waals surface area contributed by atoms with Gasteiger partial charge in [-0.1, -0.05) is 12.1 Å². The zero-order valence-corrected chi connectivity index (χ0v) is 16.5. The number of carbonyl (C=O) groups excluding carboxylic acids is 1. The second-order valence-corrected chi connectivity index (χ2v) is 7.13. The predicted molar refractivity (Wildman–Crippen MR) is 114 cm³/mol. The van der Waals surface area contributed by atoms with Crippen molar-refractivity contribution in [3.63, 3.8) is 0 Å². The normalized spacial score (nSPS) is 16.4. The van der Waals surface area contributed by atoms with Gasteiger partial charge >= 0.3 is 5.97 Å². The number of benzene rings is 2. The quantitative estimate of drug-likeness (QED) is 0.719. The molecule has 1 heterocycles. The average molecular weight is 395 g/mol. The van der Waals surface area contributed by atoms with Crippen LogP contribution >= 0.6 is 11.8 Å². The van der Waals surface area contributed by atoms with Crippen molar-refractivity contribution < 1.29 is 14.7 Å². The third-order valence-corrected chi connectivity index (χ3v) is 5.23. The van der Waals surface area contributed by atoms with Gasteiger partial charge in [0.2, 0.25) is 0 Å². The topological polar surface area (TPSA) is 82.0 Å². The van der Waals surface area contributed by atoms with Crippen molar-refractivity contribution in [2.75, 3.05) is 18.0 Å². The SMILES string of the molecule is CCN(CC)c1ccc(N=C2NC(=O)C(=Cc3ccc(C(=O)O)cc3)S2)cc1. The van der Waals surface area contributed by atoms with Crippen molar-refractivity contribution in [2.24, 2.45) is 4.99 Å². The zero-order chi connectivity index (χ0) is 20.1. The number of amides is 1. The smallest absolute Gasteiger partial charge is 0.335 e. The summed E-state index contributed by atoms with van der Waals surface area (Å²) in [5.41, 5.74) is 2.88. The van der Waals surface area contributed by atoms with Gasteiger partial charge in [-0.3, -0.25) is 4.79 Å². The van der Waals surface area contributed by atoms with Gasteiger partial charge in [-0.05, 0) is 73.6 Å². The molecule has 0 spiro atoms. The molecule has 144 valence electrons. The summed E-state index contributed by atoms with van der Waals surface area (Å²) in [7, 11) is 0. The van der Waals surface area contributed by atoms with Crippen molar-refractivity contribution >= 4 is 46.3 Å². The lowest BCUT2D eigenvalue weighted by atomic mass is 10.1. The van der Waals surface area contributed by atoms with Crippen LogP contribution in [0.2, 0.25) is 0 Å². The van der Waals surface area contributed by atoms with Crippen LogP contribution in [0, 0.1) is 0 Å². The van der Waals surface area contributed by atoms with Crippen LogP contribution in [-0.4, -0.2) is 35.2 Å². The lowest BCUT2D eigenvalue weighted by Gasteiger charge is -2.20. The molecule has 7 heteroatoms. The van der Waals surface area contributed by atoms with Gasteiger partial charge in [0.05, 0.1) is 16.2 Å². The zero-order valence-electron chi connectivity index (χ0n) is 15.7. The summed E-state index contributed by atoms with van der Waals surface area (Å²) in [5.74, 6) is -1.19. The molecule has 1 amide bonds. The van der Waals surface area contributed by atoms with Gasteiger partial charge in [-0.2, -0.15) is 0 Å². The van der Waals surface area contributed by atoms with Crippen molar-refractivity contribution in [3.8, 4) is 0 Å². The van der Waals surface area contributed by atoms with Crippen LogP contribution in [0.15, 0.2) is 58.4 Å². The summed E-state index contributed by atoms with van der Waals surface area (Å²) in [6, 6.07) is 14.3. The number of amidine groups is 1. The minimum atomic E-state index is -0.978. The summed E-state index contributed by atoms with van der Waals surface area (Å²) in [6.45, 7) is 6.12. The molecule has 2 aromatic rings. The van der Waals surface area contributed by atoms with Crippen molar-refractivity contribution in [2.45, 2.75) is 13.8 Å². The van der Waals surface area contributed by atoms with Gasteiger partial charge in [-0.15, -0.1) is 0 Å². The third-order valence-electron chi connectivity index (χ3n) is 4.32. The van der Waals surface area contributed by atoms with E-state index in [1.165, 1.54) is 23.9 Å². The van der Waals surface area contributed by atoms with E-state index in [0.29, 0.717) is 10.1 Å². The number of aromatic carboxylic acids is 1. The number of nitrogens with zero attached hydrogens (tertiary/aromatic N) is 2. The van der Waals surface area contributed by atoms with E-state index in [1.54, 1.807) is 18.2 Å². The Morgan fingerprint density at radius 2 is 1.75 bits per heavy atom. The minimum absolute atomic E-state index is 0.209. The van der Waals surface area contributed by atoms with E-state index < -0.39 is 5.97 Å². The van der Waals surface area contributed by atoms with Crippen molar-refractivity contribution in [1.82, 2.24) is 5.32 Å². The fourth-order valence-corrected chi connectivity index (χ4v) is 3.64. The molecule has 3 rings (SSSR count). The first-order valence-corrected chi connectivity index (χ1v) is 9.79.